The van der Waals surface area contributed by atoms with Gasteiger partial charge in [-0.05, 0) is 24.3 Å². The molecular formula is C22H21N5O4. The summed E-state index contributed by atoms with van der Waals surface area (Å²) >= 11 is 0. The van der Waals surface area contributed by atoms with Crippen LogP contribution in [0.3, 0.4) is 0 Å². The molecule has 0 saturated carbocycles. The van der Waals surface area contributed by atoms with Crippen molar-refractivity contribution in [2.75, 3.05) is 11.4 Å². The summed E-state index contributed by atoms with van der Waals surface area (Å²) in [6.45, 7) is 0.439. The predicted octanol–water partition coefficient (Wildman–Crippen LogP) is 1.33. The molecule has 0 radical (unpaired) electrons. The zero-order valence-electron chi connectivity index (χ0n) is 16.9. The summed E-state index contributed by atoms with van der Waals surface area (Å²) in [5.74, 6) is -0.243. The number of aromatic nitrogens is 3. The topological polar surface area (TPSA) is 106 Å². The zero-order valence-corrected chi connectivity index (χ0v) is 16.9. The van der Waals surface area contributed by atoms with Gasteiger partial charge in [-0.1, -0.05) is 30.3 Å². The van der Waals surface area contributed by atoms with Crippen LogP contribution in [-0.4, -0.2) is 38.6 Å². The first-order valence-corrected chi connectivity index (χ1v) is 9.89. The van der Waals surface area contributed by atoms with Crippen LogP contribution in [0.25, 0.3) is 11.4 Å². The lowest BCUT2D eigenvalue weighted by atomic mass is 10.2. The van der Waals surface area contributed by atoms with Crippen LogP contribution in [0.15, 0.2) is 59.4 Å². The Kier molecular flexibility index (Phi) is 5.48. The van der Waals surface area contributed by atoms with Gasteiger partial charge in [0.1, 0.15) is 0 Å². The van der Waals surface area contributed by atoms with Crippen LogP contribution >= 0.6 is 0 Å². The molecule has 4 rings (SSSR count). The number of rotatable bonds is 6. The molecule has 0 aliphatic carbocycles. The molecule has 1 saturated heterocycles. The fraction of sp³-hybridized carbons (Fsp3) is 0.227. The van der Waals surface area contributed by atoms with Crippen LogP contribution in [0.4, 0.5) is 5.69 Å². The zero-order chi connectivity index (χ0) is 22.0. The van der Waals surface area contributed by atoms with Gasteiger partial charge in [0.25, 0.3) is 5.91 Å². The molecule has 0 atom stereocenters. The van der Waals surface area contributed by atoms with Crippen LogP contribution in [0.1, 0.15) is 23.2 Å². The first kappa shape index (κ1) is 20.3. The molecule has 0 bridgehead atoms. The van der Waals surface area contributed by atoms with E-state index in [1.807, 2.05) is 30.3 Å². The molecule has 0 spiro atoms. The van der Waals surface area contributed by atoms with E-state index in [1.54, 1.807) is 31.3 Å². The minimum absolute atomic E-state index is 0.208. The summed E-state index contributed by atoms with van der Waals surface area (Å²) < 4.78 is 2.78. The van der Waals surface area contributed by atoms with Crippen molar-refractivity contribution in [2.24, 2.45) is 7.05 Å². The highest BCUT2D eigenvalue weighted by molar-refractivity contribution is 6.19. The number of hydrogen-bond acceptors (Lipinski definition) is 5. The van der Waals surface area contributed by atoms with E-state index in [0.29, 0.717) is 17.1 Å². The molecule has 2 heterocycles. The van der Waals surface area contributed by atoms with Crippen LogP contribution in [0.5, 0.6) is 0 Å². The third-order valence-corrected chi connectivity index (χ3v) is 5.12. The van der Waals surface area contributed by atoms with E-state index in [0.717, 1.165) is 10.5 Å². The number of benzene rings is 2. The molecule has 2 aromatic carbocycles. The Morgan fingerprint density at radius 2 is 1.61 bits per heavy atom. The van der Waals surface area contributed by atoms with Gasteiger partial charge in [0, 0.05) is 37.6 Å². The molecule has 158 valence electrons. The highest BCUT2D eigenvalue weighted by atomic mass is 16.2. The molecule has 9 heteroatoms. The molecule has 1 fully saturated rings. The first-order chi connectivity index (χ1) is 15.0. The highest BCUT2D eigenvalue weighted by Crippen LogP contribution is 2.22. The normalized spacial score (nSPS) is 13.6. The lowest BCUT2D eigenvalue weighted by Crippen LogP contribution is -2.32. The maximum Gasteiger partial charge on any atom is 0.345 e. The average Bonchev–Trinajstić information content (AvgIpc) is 3.27. The van der Waals surface area contributed by atoms with Crippen LogP contribution in [0, 0.1) is 0 Å². The number of nitrogens with zero attached hydrogens (tertiary/aromatic N) is 4. The second-order valence-corrected chi connectivity index (χ2v) is 7.18. The van der Waals surface area contributed by atoms with Gasteiger partial charge in [-0.15, -0.1) is 5.10 Å². The largest absolute Gasteiger partial charge is 0.350 e. The fourth-order valence-electron chi connectivity index (χ4n) is 3.48. The summed E-state index contributed by atoms with van der Waals surface area (Å²) in [6, 6.07) is 15.7. The Labute approximate surface area is 177 Å². The van der Waals surface area contributed by atoms with Crippen molar-refractivity contribution in [2.45, 2.75) is 19.4 Å². The quantitative estimate of drug-likeness (QED) is 0.607. The summed E-state index contributed by atoms with van der Waals surface area (Å²) in [5, 5.41) is 7.12. The number of imide groups is 1. The number of anilines is 1. The van der Waals surface area contributed by atoms with Gasteiger partial charge in [0.15, 0.2) is 5.82 Å². The number of hydrogen-bond donors (Lipinski definition) is 1. The van der Waals surface area contributed by atoms with Crippen molar-refractivity contribution in [1.82, 2.24) is 19.7 Å². The number of carbonyl (C=O) groups excluding carboxylic acids is 3. The van der Waals surface area contributed by atoms with Crippen LogP contribution < -0.4 is 15.9 Å². The summed E-state index contributed by atoms with van der Waals surface area (Å²) in [7, 11) is 1.66. The Balaban J connectivity index is 1.38. The minimum atomic E-state index is -0.321. The minimum Gasteiger partial charge on any atom is -0.350 e. The van der Waals surface area contributed by atoms with Gasteiger partial charge in [-0.3, -0.25) is 23.9 Å². The Morgan fingerprint density at radius 3 is 2.26 bits per heavy atom. The second-order valence-electron chi connectivity index (χ2n) is 7.18. The Hall–Kier alpha value is -4.01. The third kappa shape index (κ3) is 4.02. The predicted molar refractivity (Wildman–Crippen MR) is 113 cm³/mol. The van der Waals surface area contributed by atoms with Gasteiger partial charge in [0.2, 0.25) is 11.8 Å². The van der Waals surface area contributed by atoms with E-state index in [4.69, 9.17) is 0 Å². The monoisotopic (exact) mass is 419 g/mol. The lowest BCUT2D eigenvalue weighted by molar-refractivity contribution is -0.121. The van der Waals surface area contributed by atoms with E-state index < -0.39 is 0 Å². The van der Waals surface area contributed by atoms with Gasteiger partial charge in [-0.25, -0.2) is 9.48 Å². The van der Waals surface area contributed by atoms with Crippen LogP contribution in [-0.2, 0) is 23.2 Å². The molecule has 1 aliphatic heterocycles. The molecule has 9 nitrogen and oxygen atoms in total. The van der Waals surface area contributed by atoms with Crippen LogP contribution in [0.2, 0.25) is 0 Å². The third-order valence-electron chi connectivity index (χ3n) is 5.12. The van der Waals surface area contributed by atoms with Crippen molar-refractivity contribution in [3.63, 3.8) is 0 Å². The van der Waals surface area contributed by atoms with Crippen molar-refractivity contribution in [3.8, 4) is 11.4 Å². The molecule has 31 heavy (non-hydrogen) atoms. The molecule has 3 amide bonds. The second kappa shape index (κ2) is 8.39. The molecule has 1 aliphatic rings. The summed E-state index contributed by atoms with van der Waals surface area (Å²) in [5.41, 5.74) is 1.41. The maximum absolute atomic E-state index is 12.4. The number of nitrogens with one attached hydrogen (secondary N) is 1. The van der Waals surface area contributed by atoms with E-state index in [2.05, 4.69) is 10.4 Å². The van der Waals surface area contributed by atoms with E-state index in [9.17, 15) is 19.2 Å². The van der Waals surface area contributed by atoms with E-state index in [1.165, 1.54) is 9.25 Å². The average molecular weight is 419 g/mol. The highest BCUT2D eigenvalue weighted by Gasteiger charge is 2.30. The summed E-state index contributed by atoms with van der Waals surface area (Å²) in [4.78, 5) is 49.6. The van der Waals surface area contributed by atoms with E-state index >= 15 is 0 Å². The van der Waals surface area contributed by atoms with Crippen molar-refractivity contribution >= 4 is 23.4 Å². The van der Waals surface area contributed by atoms with Crippen molar-refractivity contribution < 1.29 is 14.4 Å². The van der Waals surface area contributed by atoms with Gasteiger partial charge in [0.05, 0.1) is 12.2 Å². The summed E-state index contributed by atoms with van der Waals surface area (Å²) in [6.07, 6.45) is 0.417. The smallest absolute Gasteiger partial charge is 0.345 e. The SMILES string of the molecule is Cn1c(-c2ccccc2)nn(CCNC(=O)c2ccc(N3C(=O)CCC3=O)cc2)c1=O. The molecule has 0 unspecified atom stereocenters. The standard InChI is InChI=1S/C22H21N5O4/c1-25-20(15-5-3-2-4-6-15)24-26(22(25)31)14-13-23-21(30)16-7-9-17(10-8-16)27-18(28)11-12-19(27)29/h2-10H,11-14H2,1H3,(H,23,30). The first-order valence-electron chi connectivity index (χ1n) is 9.89. The lowest BCUT2D eigenvalue weighted by Gasteiger charge is -2.14. The molecule has 1 N–H and O–H groups in total. The molecule has 1 aromatic heterocycles. The van der Waals surface area contributed by atoms with Gasteiger partial charge < -0.3 is 5.32 Å². The molecule has 3 aromatic rings. The Morgan fingerprint density at radius 1 is 0.968 bits per heavy atom. The van der Waals surface area contributed by atoms with Gasteiger partial charge >= 0.3 is 5.69 Å². The van der Waals surface area contributed by atoms with E-state index in [-0.39, 0.29) is 49.3 Å². The van der Waals surface area contributed by atoms with Crippen molar-refractivity contribution in [3.05, 3.63) is 70.6 Å². The number of amides is 3. The fourth-order valence-corrected chi connectivity index (χ4v) is 3.48. The Bertz CT molecular complexity index is 1180. The van der Waals surface area contributed by atoms with Crippen molar-refractivity contribution in [1.29, 1.82) is 0 Å². The number of carbonyl (C=O) groups is 3. The van der Waals surface area contributed by atoms with Gasteiger partial charge in [-0.2, -0.15) is 0 Å². The maximum atomic E-state index is 12.4. The molecular weight excluding hydrogens is 398 g/mol.